The maximum Gasteiger partial charge on any atom is 0.335 e. The minimum atomic E-state index is -0.863. The molecule has 0 amide bonds. The van der Waals surface area contributed by atoms with Gasteiger partial charge in [-0.05, 0) is 18.6 Å². The standard InChI is InChI=1S/C8H8O2.H2O.Zr/c1-6-4-2-3-5-7(6)8(9)10;;/h2-5H,1H3,(H,9,10);1H2;. The van der Waals surface area contributed by atoms with Crippen LogP contribution in [-0.2, 0) is 26.2 Å². The van der Waals surface area contributed by atoms with E-state index in [2.05, 4.69) is 0 Å². The van der Waals surface area contributed by atoms with Gasteiger partial charge in [0.05, 0.1) is 5.56 Å². The molecule has 1 aromatic rings. The molecule has 0 atom stereocenters. The molecule has 0 aliphatic carbocycles. The van der Waals surface area contributed by atoms with Crippen LogP contribution in [0.25, 0.3) is 0 Å². The molecule has 64 valence electrons. The average molecular weight is 245 g/mol. The number of aromatic carboxylic acids is 1. The zero-order valence-electron chi connectivity index (χ0n) is 6.66. The van der Waals surface area contributed by atoms with Gasteiger partial charge in [0.2, 0.25) is 0 Å². The number of aryl methyl sites for hydroxylation is 1. The van der Waals surface area contributed by atoms with E-state index in [0.717, 1.165) is 5.56 Å². The molecule has 0 aromatic heterocycles. The van der Waals surface area contributed by atoms with Crippen LogP contribution >= 0.6 is 0 Å². The first kappa shape index (κ1) is 14.1. The number of carboxylic acid groups (broad SMARTS) is 1. The molecule has 3 N–H and O–H groups in total. The maximum absolute atomic E-state index is 10.4. The summed E-state index contributed by atoms with van der Waals surface area (Å²) in [6.45, 7) is 1.78. The second-order valence-corrected chi connectivity index (χ2v) is 2.12. The van der Waals surface area contributed by atoms with Gasteiger partial charge in [0, 0.05) is 26.2 Å². The molecule has 0 aliphatic heterocycles. The van der Waals surface area contributed by atoms with E-state index in [4.69, 9.17) is 5.11 Å². The van der Waals surface area contributed by atoms with Gasteiger partial charge >= 0.3 is 5.97 Å². The predicted molar refractivity (Wildman–Crippen MR) is 41.8 cm³/mol. The van der Waals surface area contributed by atoms with Gasteiger partial charge in [0.1, 0.15) is 0 Å². The fourth-order valence-electron chi connectivity index (χ4n) is 0.813. The molecule has 0 heterocycles. The average Bonchev–Trinajstić information content (AvgIpc) is 1.88. The van der Waals surface area contributed by atoms with E-state index < -0.39 is 5.97 Å². The van der Waals surface area contributed by atoms with Crippen molar-refractivity contribution in [1.29, 1.82) is 0 Å². The van der Waals surface area contributed by atoms with Gasteiger partial charge in [-0.25, -0.2) is 4.79 Å². The summed E-state index contributed by atoms with van der Waals surface area (Å²) in [5.74, 6) is -0.863. The molecule has 1 aromatic carbocycles. The minimum Gasteiger partial charge on any atom is -0.478 e. The fourth-order valence-corrected chi connectivity index (χ4v) is 0.813. The predicted octanol–water partition coefficient (Wildman–Crippen LogP) is 0.866. The Morgan fingerprint density at radius 3 is 2.17 bits per heavy atom. The van der Waals surface area contributed by atoms with Gasteiger partial charge in [-0.1, -0.05) is 18.2 Å². The van der Waals surface area contributed by atoms with Gasteiger partial charge in [0.25, 0.3) is 0 Å². The Balaban J connectivity index is 0. The molecule has 0 saturated carbocycles. The van der Waals surface area contributed by atoms with Crippen molar-refractivity contribution >= 4 is 5.97 Å². The Hall–Kier alpha value is -0.467. The first-order valence-corrected chi connectivity index (χ1v) is 3.01. The summed E-state index contributed by atoms with van der Waals surface area (Å²) in [5, 5.41) is 8.57. The van der Waals surface area contributed by atoms with Crippen LogP contribution < -0.4 is 0 Å². The quantitative estimate of drug-likeness (QED) is 0.797. The zero-order chi connectivity index (χ0) is 7.56. The summed E-state index contributed by atoms with van der Waals surface area (Å²) < 4.78 is 0. The number of hydrogen-bond acceptors (Lipinski definition) is 1. The topological polar surface area (TPSA) is 68.8 Å². The molecule has 0 aliphatic rings. The van der Waals surface area contributed by atoms with Gasteiger partial charge in [-0.2, -0.15) is 0 Å². The van der Waals surface area contributed by atoms with Crippen LogP contribution in [0.2, 0.25) is 0 Å². The number of carbonyl (C=O) groups is 1. The monoisotopic (exact) mass is 244 g/mol. The number of benzene rings is 1. The van der Waals surface area contributed by atoms with Crippen molar-refractivity contribution in [3.63, 3.8) is 0 Å². The van der Waals surface area contributed by atoms with Crippen LogP contribution in [0.5, 0.6) is 0 Å². The van der Waals surface area contributed by atoms with E-state index >= 15 is 0 Å². The van der Waals surface area contributed by atoms with Gasteiger partial charge < -0.3 is 10.6 Å². The third kappa shape index (κ3) is 3.29. The Labute approximate surface area is 89.8 Å². The van der Waals surface area contributed by atoms with Crippen LogP contribution in [0.4, 0.5) is 0 Å². The third-order valence-electron chi connectivity index (χ3n) is 1.38. The van der Waals surface area contributed by atoms with E-state index in [9.17, 15) is 4.79 Å². The molecular weight excluding hydrogens is 235 g/mol. The summed E-state index contributed by atoms with van der Waals surface area (Å²) in [7, 11) is 0. The van der Waals surface area contributed by atoms with E-state index in [1.165, 1.54) is 0 Å². The second kappa shape index (κ2) is 6.09. The Kier molecular flexibility index (Phi) is 7.15. The largest absolute Gasteiger partial charge is 0.478 e. The third-order valence-corrected chi connectivity index (χ3v) is 1.38. The SMILES string of the molecule is Cc1ccccc1C(=O)O.O.[Zr]. The Bertz CT molecular complexity index is 260. The Morgan fingerprint density at radius 1 is 1.33 bits per heavy atom. The van der Waals surface area contributed by atoms with Crippen molar-refractivity contribution < 1.29 is 41.6 Å². The number of carboxylic acids is 1. The van der Waals surface area contributed by atoms with Crippen LogP contribution in [0.15, 0.2) is 24.3 Å². The first-order valence-electron chi connectivity index (χ1n) is 3.01. The summed E-state index contributed by atoms with van der Waals surface area (Å²) in [6.07, 6.45) is 0. The van der Waals surface area contributed by atoms with Gasteiger partial charge in [-0.15, -0.1) is 0 Å². The molecule has 3 nitrogen and oxygen atoms in total. The van der Waals surface area contributed by atoms with Crippen molar-refractivity contribution in [3.8, 4) is 0 Å². The molecule has 0 fully saturated rings. The smallest absolute Gasteiger partial charge is 0.335 e. The summed E-state index contributed by atoms with van der Waals surface area (Å²) >= 11 is 0. The molecule has 0 spiro atoms. The number of rotatable bonds is 1. The molecule has 0 unspecified atom stereocenters. The van der Waals surface area contributed by atoms with E-state index in [1.54, 1.807) is 25.1 Å². The second-order valence-electron chi connectivity index (χ2n) is 2.12. The fraction of sp³-hybridized carbons (Fsp3) is 0.125. The molecule has 0 saturated heterocycles. The van der Waals surface area contributed by atoms with Crippen LogP contribution in [0.1, 0.15) is 15.9 Å². The Morgan fingerprint density at radius 2 is 1.83 bits per heavy atom. The zero-order valence-corrected chi connectivity index (χ0v) is 9.12. The van der Waals surface area contributed by atoms with Crippen molar-refractivity contribution in [3.05, 3.63) is 35.4 Å². The van der Waals surface area contributed by atoms with Crippen molar-refractivity contribution in [2.75, 3.05) is 0 Å². The summed E-state index contributed by atoms with van der Waals surface area (Å²) in [6, 6.07) is 6.92. The van der Waals surface area contributed by atoms with Crippen LogP contribution in [0.3, 0.4) is 0 Å². The van der Waals surface area contributed by atoms with Gasteiger partial charge in [0.15, 0.2) is 0 Å². The maximum atomic E-state index is 10.4. The molecule has 4 heteroatoms. The molecule has 12 heavy (non-hydrogen) atoms. The summed E-state index contributed by atoms with van der Waals surface area (Å²) in [4.78, 5) is 10.4. The van der Waals surface area contributed by atoms with E-state index in [0.29, 0.717) is 5.56 Å². The van der Waals surface area contributed by atoms with E-state index in [1.807, 2.05) is 6.07 Å². The van der Waals surface area contributed by atoms with Gasteiger partial charge in [-0.3, -0.25) is 0 Å². The molecular formula is C8H10O3Zr. The molecule has 1 rings (SSSR count). The van der Waals surface area contributed by atoms with E-state index in [-0.39, 0.29) is 31.7 Å². The first-order chi connectivity index (χ1) is 4.72. The van der Waals surface area contributed by atoms with Crippen molar-refractivity contribution in [1.82, 2.24) is 0 Å². The van der Waals surface area contributed by atoms with Crippen LogP contribution in [-0.4, -0.2) is 16.6 Å². The minimum absolute atomic E-state index is 0. The normalized spacial score (nSPS) is 7.75. The van der Waals surface area contributed by atoms with Crippen molar-refractivity contribution in [2.45, 2.75) is 6.92 Å². The molecule has 0 bridgehead atoms. The van der Waals surface area contributed by atoms with Crippen LogP contribution in [0, 0.1) is 6.92 Å². The number of hydrogen-bond donors (Lipinski definition) is 1. The van der Waals surface area contributed by atoms with Crippen molar-refractivity contribution in [2.24, 2.45) is 0 Å². The summed E-state index contributed by atoms with van der Waals surface area (Å²) in [5.41, 5.74) is 1.18. The molecule has 0 radical (unpaired) electrons.